The molecule has 0 spiro atoms. The van der Waals surface area contributed by atoms with Crippen LogP contribution in [0.25, 0.3) is 10.9 Å². The Labute approximate surface area is 119 Å². The molecule has 1 aromatic heterocycles. The van der Waals surface area contributed by atoms with Gasteiger partial charge in [-0.05, 0) is 68.0 Å². The van der Waals surface area contributed by atoms with Crippen LogP contribution in [-0.2, 0) is 0 Å². The normalized spacial score (nSPS) is 23.1. The van der Waals surface area contributed by atoms with Crippen molar-refractivity contribution in [2.75, 3.05) is 6.54 Å². The molecule has 1 aliphatic rings. The summed E-state index contributed by atoms with van der Waals surface area (Å²) in [7, 11) is 0. The molecule has 0 aliphatic heterocycles. The average molecular weight is 272 g/mol. The Hall–Kier alpha value is -1.48. The van der Waals surface area contributed by atoms with Crippen molar-refractivity contribution in [2.24, 2.45) is 0 Å². The van der Waals surface area contributed by atoms with Gasteiger partial charge in [0.15, 0.2) is 0 Å². The summed E-state index contributed by atoms with van der Waals surface area (Å²) in [5.41, 5.74) is 2.17. The first-order chi connectivity index (χ1) is 9.78. The monoisotopic (exact) mass is 272 g/mol. The Kier molecular flexibility index (Phi) is 3.97. The van der Waals surface area contributed by atoms with Crippen molar-refractivity contribution < 1.29 is 4.39 Å². The molecular weight excluding hydrogens is 251 g/mol. The van der Waals surface area contributed by atoms with E-state index >= 15 is 0 Å². The fourth-order valence-corrected chi connectivity index (χ4v) is 3.39. The molecule has 0 amide bonds. The van der Waals surface area contributed by atoms with Crippen molar-refractivity contribution in [3.63, 3.8) is 0 Å². The smallest absolute Gasteiger partial charge is 0.123 e. The van der Waals surface area contributed by atoms with E-state index in [0.717, 1.165) is 17.4 Å². The summed E-state index contributed by atoms with van der Waals surface area (Å²) >= 11 is 0. The van der Waals surface area contributed by atoms with Crippen LogP contribution < -0.4 is 5.32 Å². The van der Waals surface area contributed by atoms with Crippen LogP contribution in [0, 0.1) is 5.82 Å². The lowest BCUT2D eigenvalue weighted by atomic mass is 9.80. The fraction of sp³-hybridized carbons (Fsp3) is 0.471. The third kappa shape index (κ3) is 2.68. The van der Waals surface area contributed by atoms with Gasteiger partial charge in [0.25, 0.3) is 0 Å². The van der Waals surface area contributed by atoms with Gasteiger partial charge in [-0.1, -0.05) is 6.92 Å². The minimum atomic E-state index is -0.173. The van der Waals surface area contributed by atoms with Gasteiger partial charge >= 0.3 is 0 Å². The second-order valence-electron chi connectivity index (χ2n) is 5.67. The van der Waals surface area contributed by atoms with Gasteiger partial charge in [-0.2, -0.15) is 0 Å². The zero-order chi connectivity index (χ0) is 13.9. The number of benzene rings is 1. The third-order valence-electron chi connectivity index (χ3n) is 4.40. The van der Waals surface area contributed by atoms with E-state index in [1.165, 1.54) is 37.3 Å². The first kappa shape index (κ1) is 13.5. The zero-order valence-electron chi connectivity index (χ0n) is 11.9. The number of rotatable bonds is 3. The molecule has 3 rings (SSSR count). The Morgan fingerprint density at radius 3 is 2.75 bits per heavy atom. The lowest BCUT2D eigenvalue weighted by Gasteiger charge is -2.29. The fourth-order valence-electron chi connectivity index (χ4n) is 3.39. The number of pyridine rings is 1. The van der Waals surface area contributed by atoms with Gasteiger partial charge in [0, 0.05) is 17.6 Å². The average Bonchev–Trinajstić information content (AvgIpc) is 2.48. The van der Waals surface area contributed by atoms with E-state index < -0.39 is 0 Å². The summed E-state index contributed by atoms with van der Waals surface area (Å²) in [6, 6.07) is 7.62. The number of halogens is 1. The molecule has 0 unspecified atom stereocenters. The SMILES string of the molecule is CCN[C@H]1CC[C@@H](c2ccnc3ccc(F)cc32)CC1. The predicted octanol–water partition coefficient (Wildman–Crippen LogP) is 4.01. The predicted molar refractivity (Wildman–Crippen MR) is 80.4 cm³/mol. The molecule has 0 saturated heterocycles. The highest BCUT2D eigenvalue weighted by Crippen LogP contribution is 2.36. The molecule has 1 heterocycles. The van der Waals surface area contributed by atoms with Crippen molar-refractivity contribution in [2.45, 2.75) is 44.6 Å². The van der Waals surface area contributed by atoms with Gasteiger partial charge < -0.3 is 5.32 Å². The van der Waals surface area contributed by atoms with E-state index in [1.54, 1.807) is 12.1 Å². The second-order valence-corrected chi connectivity index (χ2v) is 5.67. The van der Waals surface area contributed by atoms with Crippen LogP contribution in [0.5, 0.6) is 0 Å². The summed E-state index contributed by atoms with van der Waals surface area (Å²) < 4.78 is 13.5. The molecule has 0 radical (unpaired) electrons. The van der Waals surface area contributed by atoms with E-state index in [-0.39, 0.29) is 5.82 Å². The second kappa shape index (κ2) is 5.88. The standard InChI is InChI=1S/C17H21FN2/c1-2-19-14-6-3-12(4-7-14)15-9-10-20-17-8-5-13(18)11-16(15)17/h5,8-12,14,19H,2-4,6-7H2,1H3/t12-,14+. The quantitative estimate of drug-likeness (QED) is 0.913. The number of hydrogen-bond acceptors (Lipinski definition) is 2. The lowest BCUT2D eigenvalue weighted by Crippen LogP contribution is -2.32. The lowest BCUT2D eigenvalue weighted by molar-refractivity contribution is 0.349. The van der Waals surface area contributed by atoms with Crippen LogP contribution in [0.2, 0.25) is 0 Å². The maximum atomic E-state index is 13.5. The maximum absolute atomic E-state index is 13.5. The zero-order valence-corrected chi connectivity index (χ0v) is 11.9. The van der Waals surface area contributed by atoms with Crippen molar-refractivity contribution in [1.82, 2.24) is 10.3 Å². The van der Waals surface area contributed by atoms with E-state index in [9.17, 15) is 4.39 Å². The first-order valence-corrected chi connectivity index (χ1v) is 7.55. The molecule has 1 aromatic carbocycles. The van der Waals surface area contributed by atoms with Gasteiger partial charge in [-0.15, -0.1) is 0 Å². The summed E-state index contributed by atoms with van der Waals surface area (Å²) in [4.78, 5) is 4.34. The highest BCUT2D eigenvalue weighted by atomic mass is 19.1. The first-order valence-electron chi connectivity index (χ1n) is 7.55. The van der Waals surface area contributed by atoms with Gasteiger partial charge in [0.1, 0.15) is 5.82 Å². The van der Waals surface area contributed by atoms with Crippen molar-refractivity contribution in [3.8, 4) is 0 Å². The summed E-state index contributed by atoms with van der Waals surface area (Å²) in [5, 5.41) is 4.52. The number of nitrogens with one attached hydrogen (secondary N) is 1. The van der Waals surface area contributed by atoms with Crippen molar-refractivity contribution in [1.29, 1.82) is 0 Å². The molecule has 2 aromatic rings. The summed E-state index contributed by atoms with van der Waals surface area (Å²) in [6.07, 6.45) is 6.61. The van der Waals surface area contributed by atoms with Crippen LogP contribution in [0.3, 0.4) is 0 Å². The molecule has 0 bridgehead atoms. The topological polar surface area (TPSA) is 24.9 Å². The number of fused-ring (bicyclic) bond motifs is 1. The Bertz CT molecular complexity index is 589. The molecule has 1 N–H and O–H groups in total. The van der Waals surface area contributed by atoms with Crippen LogP contribution in [-0.4, -0.2) is 17.6 Å². The highest BCUT2D eigenvalue weighted by Gasteiger charge is 2.23. The molecule has 1 aliphatic carbocycles. The molecule has 3 heteroatoms. The van der Waals surface area contributed by atoms with E-state index in [4.69, 9.17) is 0 Å². The number of nitrogens with zero attached hydrogens (tertiary/aromatic N) is 1. The summed E-state index contributed by atoms with van der Waals surface area (Å²) in [5.74, 6) is 0.366. The summed E-state index contributed by atoms with van der Waals surface area (Å²) in [6.45, 7) is 3.20. The van der Waals surface area contributed by atoms with Crippen LogP contribution in [0.15, 0.2) is 30.5 Å². The Morgan fingerprint density at radius 1 is 1.20 bits per heavy atom. The molecule has 106 valence electrons. The molecule has 1 saturated carbocycles. The van der Waals surface area contributed by atoms with Gasteiger partial charge in [-0.3, -0.25) is 4.98 Å². The highest BCUT2D eigenvalue weighted by molar-refractivity contribution is 5.82. The largest absolute Gasteiger partial charge is 0.314 e. The van der Waals surface area contributed by atoms with E-state index in [2.05, 4.69) is 23.3 Å². The number of hydrogen-bond donors (Lipinski definition) is 1. The molecule has 0 atom stereocenters. The molecular formula is C17H21FN2. The van der Waals surface area contributed by atoms with Crippen LogP contribution >= 0.6 is 0 Å². The molecule has 1 fully saturated rings. The van der Waals surface area contributed by atoms with Gasteiger partial charge in [-0.25, -0.2) is 4.39 Å². The van der Waals surface area contributed by atoms with Crippen molar-refractivity contribution >= 4 is 10.9 Å². The third-order valence-corrected chi connectivity index (χ3v) is 4.40. The minimum Gasteiger partial charge on any atom is -0.314 e. The van der Waals surface area contributed by atoms with E-state index in [1.807, 2.05) is 6.20 Å². The van der Waals surface area contributed by atoms with Gasteiger partial charge in [0.2, 0.25) is 0 Å². The van der Waals surface area contributed by atoms with Crippen LogP contribution in [0.4, 0.5) is 4.39 Å². The Morgan fingerprint density at radius 2 is 2.00 bits per heavy atom. The minimum absolute atomic E-state index is 0.173. The van der Waals surface area contributed by atoms with E-state index in [0.29, 0.717) is 12.0 Å². The van der Waals surface area contributed by atoms with Gasteiger partial charge in [0.05, 0.1) is 5.52 Å². The molecule has 2 nitrogen and oxygen atoms in total. The Balaban J connectivity index is 1.86. The maximum Gasteiger partial charge on any atom is 0.123 e. The van der Waals surface area contributed by atoms with Crippen molar-refractivity contribution in [3.05, 3.63) is 41.8 Å². The molecule has 20 heavy (non-hydrogen) atoms. The number of aromatic nitrogens is 1. The van der Waals surface area contributed by atoms with Crippen LogP contribution in [0.1, 0.15) is 44.1 Å².